The van der Waals surface area contributed by atoms with E-state index in [1.807, 2.05) is 48.5 Å². The molecule has 3 heterocycles. The van der Waals surface area contributed by atoms with Gasteiger partial charge in [-0.05, 0) is 19.1 Å². The quantitative estimate of drug-likeness (QED) is 0.278. The molecule has 3 aromatic heterocycles. The summed E-state index contributed by atoms with van der Waals surface area (Å²) in [4.78, 5) is 28.5. The van der Waals surface area contributed by atoms with E-state index in [4.69, 9.17) is 27.9 Å². The number of ether oxygens (including phenoxy) is 1. The molecule has 9 heteroatoms. The zero-order valence-corrected chi connectivity index (χ0v) is 20.8. The maximum Gasteiger partial charge on any atom is 0.277 e. The lowest BCUT2D eigenvalue weighted by atomic mass is 9.97. The van der Waals surface area contributed by atoms with Gasteiger partial charge in [-0.1, -0.05) is 65.7 Å². The highest BCUT2D eigenvalue weighted by atomic mass is 35.5. The fourth-order valence-corrected chi connectivity index (χ4v) is 4.76. The summed E-state index contributed by atoms with van der Waals surface area (Å²) >= 11 is 13.8. The highest BCUT2D eigenvalue weighted by Crippen LogP contribution is 2.42. The molecule has 0 saturated heterocycles. The Kier molecular flexibility index (Phi) is 6.12. The Bertz CT molecular complexity index is 1720. The van der Waals surface area contributed by atoms with E-state index in [1.54, 1.807) is 19.4 Å². The molecular formula is C27H19Cl2N4O3. The monoisotopic (exact) mass is 517 g/mol. The highest BCUT2D eigenvalue weighted by molar-refractivity contribution is 6.39. The summed E-state index contributed by atoms with van der Waals surface area (Å²) in [5.74, 6) is 0.447. The third-order valence-electron chi connectivity index (χ3n) is 5.99. The Balaban J connectivity index is 1.65. The van der Waals surface area contributed by atoms with Crippen molar-refractivity contribution in [3.8, 4) is 39.4 Å². The maximum atomic E-state index is 12.7. The van der Waals surface area contributed by atoms with Crippen molar-refractivity contribution in [2.24, 2.45) is 7.05 Å². The molecule has 0 N–H and O–H groups in total. The van der Waals surface area contributed by atoms with Gasteiger partial charge in [0.25, 0.3) is 5.56 Å². The van der Waals surface area contributed by atoms with Crippen LogP contribution in [0.3, 0.4) is 0 Å². The van der Waals surface area contributed by atoms with Gasteiger partial charge in [-0.25, -0.2) is 9.50 Å². The Morgan fingerprint density at radius 1 is 0.972 bits per heavy atom. The average molecular weight is 518 g/mol. The second-order valence-electron chi connectivity index (χ2n) is 8.10. The van der Waals surface area contributed by atoms with E-state index >= 15 is 0 Å². The third-order valence-corrected chi connectivity index (χ3v) is 6.80. The van der Waals surface area contributed by atoms with Crippen LogP contribution in [0, 0.1) is 6.92 Å². The van der Waals surface area contributed by atoms with Crippen LogP contribution in [0.4, 0.5) is 0 Å². The summed E-state index contributed by atoms with van der Waals surface area (Å²) in [6, 6.07) is 16.6. The van der Waals surface area contributed by atoms with Gasteiger partial charge in [0.05, 0.1) is 22.8 Å². The minimum absolute atomic E-state index is 0.0234. The summed E-state index contributed by atoms with van der Waals surface area (Å²) in [6.07, 6.45) is 2.21. The second-order valence-corrected chi connectivity index (χ2v) is 8.85. The average Bonchev–Trinajstić information content (AvgIpc) is 3.31. The Morgan fingerprint density at radius 3 is 2.28 bits per heavy atom. The molecular weight excluding hydrogens is 499 g/mol. The van der Waals surface area contributed by atoms with Gasteiger partial charge in [-0.3, -0.25) is 14.2 Å². The number of nitrogens with zero attached hydrogens (tertiary/aromatic N) is 4. The molecule has 0 atom stereocenters. The molecule has 7 nitrogen and oxygen atoms in total. The molecule has 5 rings (SSSR count). The van der Waals surface area contributed by atoms with Crippen molar-refractivity contribution in [3.63, 3.8) is 0 Å². The van der Waals surface area contributed by atoms with E-state index in [9.17, 15) is 9.59 Å². The summed E-state index contributed by atoms with van der Waals surface area (Å²) in [5, 5.41) is 5.16. The number of carbonyl (C=O) groups excluding carboxylic acids is 1. The van der Waals surface area contributed by atoms with Crippen molar-refractivity contribution >= 4 is 35.0 Å². The van der Waals surface area contributed by atoms with Crippen LogP contribution in [0.1, 0.15) is 16.2 Å². The summed E-state index contributed by atoms with van der Waals surface area (Å²) in [6.45, 7) is 3.92. The lowest BCUT2D eigenvalue weighted by molar-refractivity contribution is 0.110. The molecule has 2 aromatic carbocycles. The zero-order chi connectivity index (χ0) is 25.6. The van der Waals surface area contributed by atoms with Gasteiger partial charge < -0.3 is 4.74 Å². The standard InChI is InChI=1S/C27H19Cl2N4O3/c1-15-10-11-21(30-26(15)36-3)20-9-5-8-19(25(20)29)18-7-4-6-17(24(18)28)16-12-22-27(35)32(2)23(14-34)31-33(22)13-16/h4-14H,1H2,2-3H3. The number of pyridine rings is 1. The number of carbonyl (C=O) groups is 1. The SMILES string of the molecule is [CH2]c1ccc(-c2cccc(-c3cccc(-c4cc5c(=O)n(C)c(C=O)nn5c4)c3Cl)c2Cl)nc1OC. The smallest absolute Gasteiger partial charge is 0.277 e. The van der Waals surface area contributed by atoms with E-state index in [0.717, 1.165) is 11.1 Å². The van der Waals surface area contributed by atoms with Crippen LogP contribution in [-0.2, 0) is 7.05 Å². The predicted molar refractivity (Wildman–Crippen MR) is 141 cm³/mol. The number of benzene rings is 2. The van der Waals surface area contributed by atoms with E-state index in [-0.39, 0.29) is 11.4 Å². The topological polar surface area (TPSA) is 78.5 Å². The molecule has 179 valence electrons. The molecule has 1 radical (unpaired) electrons. The summed E-state index contributed by atoms with van der Waals surface area (Å²) in [7, 11) is 3.05. The van der Waals surface area contributed by atoms with Gasteiger partial charge in [0.1, 0.15) is 5.52 Å². The first-order chi connectivity index (χ1) is 17.3. The van der Waals surface area contributed by atoms with Gasteiger partial charge >= 0.3 is 0 Å². The van der Waals surface area contributed by atoms with Crippen molar-refractivity contribution in [2.75, 3.05) is 7.11 Å². The molecule has 0 aliphatic rings. The number of hydrogen-bond donors (Lipinski definition) is 0. The van der Waals surface area contributed by atoms with E-state index < -0.39 is 0 Å². The lowest BCUT2D eigenvalue weighted by Crippen LogP contribution is -2.24. The predicted octanol–water partition coefficient (Wildman–Crippen LogP) is 5.74. The van der Waals surface area contributed by atoms with Crippen LogP contribution in [0.25, 0.3) is 39.0 Å². The number of halogens is 2. The first kappa shape index (κ1) is 23.8. The Morgan fingerprint density at radius 2 is 1.61 bits per heavy atom. The van der Waals surface area contributed by atoms with Gasteiger partial charge in [0, 0.05) is 46.6 Å². The fraction of sp³-hybridized carbons (Fsp3) is 0.0741. The number of fused-ring (bicyclic) bond motifs is 1. The first-order valence-electron chi connectivity index (χ1n) is 10.8. The van der Waals surface area contributed by atoms with E-state index in [0.29, 0.717) is 55.7 Å². The summed E-state index contributed by atoms with van der Waals surface area (Å²) < 4.78 is 7.91. The number of aromatic nitrogens is 4. The molecule has 0 aliphatic carbocycles. The van der Waals surface area contributed by atoms with Crippen LogP contribution < -0.4 is 10.3 Å². The number of hydrogen-bond acceptors (Lipinski definition) is 5. The normalized spacial score (nSPS) is 11.1. The molecule has 5 aromatic rings. The third kappa shape index (κ3) is 3.86. The lowest BCUT2D eigenvalue weighted by Gasteiger charge is -2.14. The van der Waals surface area contributed by atoms with Crippen molar-refractivity contribution in [2.45, 2.75) is 0 Å². The molecule has 0 spiro atoms. The van der Waals surface area contributed by atoms with Crippen LogP contribution in [0.5, 0.6) is 5.88 Å². The van der Waals surface area contributed by atoms with E-state index in [2.05, 4.69) is 17.0 Å². The molecule has 0 aliphatic heterocycles. The highest BCUT2D eigenvalue weighted by Gasteiger charge is 2.18. The van der Waals surface area contributed by atoms with Gasteiger partial charge in [-0.15, -0.1) is 5.10 Å². The minimum atomic E-state index is -0.336. The van der Waals surface area contributed by atoms with Crippen molar-refractivity contribution in [1.82, 2.24) is 19.2 Å². The fourth-order valence-electron chi connectivity index (χ4n) is 4.09. The first-order valence-corrected chi connectivity index (χ1v) is 11.6. The molecule has 0 fully saturated rings. The maximum absolute atomic E-state index is 12.7. The second kappa shape index (κ2) is 9.26. The van der Waals surface area contributed by atoms with Crippen LogP contribution in [0.2, 0.25) is 10.0 Å². The number of rotatable bonds is 5. The molecule has 0 amide bonds. The zero-order valence-electron chi connectivity index (χ0n) is 19.3. The number of methoxy groups -OCH3 is 1. The Hall–Kier alpha value is -3.94. The van der Waals surface area contributed by atoms with Crippen LogP contribution >= 0.6 is 23.2 Å². The van der Waals surface area contributed by atoms with E-state index in [1.165, 1.54) is 16.1 Å². The molecule has 36 heavy (non-hydrogen) atoms. The van der Waals surface area contributed by atoms with Gasteiger partial charge in [-0.2, -0.15) is 0 Å². The van der Waals surface area contributed by atoms with Crippen molar-refractivity contribution in [3.05, 3.63) is 99.5 Å². The van der Waals surface area contributed by atoms with Crippen molar-refractivity contribution < 1.29 is 9.53 Å². The molecule has 0 bridgehead atoms. The van der Waals surface area contributed by atoms with Crippen LogP contribution in [-0.4, -0.2) is 32.6 Å². The minimum Gasteiger partial charge on any atom is -0.481 e. The van der Waals surface area contributed by atoms with Gasteiger partial charge in [0.15, 0.2) is 12.1 Å². The molecule has 0 unspecified atom stereocenters. The van der Waals surface area contributed by atoms with Crippen LogP contribution in [0.15, 0.2) is 65.6 Å². The largest absolute Gasteiger partial charge is 0.481 e. The van der Waals surface area contributed by atoms with Crippen molar-refractivity contribution in [1.29, 1.82) is 0 Å². The summed E-state index contributed by atoms with van der Waals surface area (Å²) in [5.41, 5.74) is 4.84. The van der Waals surface area contributed by atoms with Gasteiger partial charge in [0.2, 0.25) is 5.88 Å². The number of aldehydes is 1. The Labute approximate surface area is 216 Å². The molecule has 0 saturated carbocycles.